The number of halogens is 6. The first-order valence-corrected chi connectivity index (χ1v) is 9.69. The first-order valence-electron chi connectivity index (χ1n) is 9.32. The number of rotatable bonds is 7. The maximum atomic E-state index is 14.6. The number of nitrogens with one attached hydrogen (secondary N) is 2. The molecule has 1 heterocycles. The zero-order valence-electron chi connectivity index (χ0n) is 17.2. The fraction of sp³-hybridized carbons (Fsp3) is 0.286. The third-order valence-corrected chi connectivity index (χ3v) is 5.43. The van der Waals surface area contributed by atoms with Gasteiger partial charge >= 0.3 is 6.18 Å². The van der Waals surface area contributed by atoms with Gasteiger partial charge in [0.05, 0.1) is 30.3 Å². The van der Waals surface area contributed by atoms with Gasteiger partial charge in [-0.3, -0.25) is 4.79 Å². The molecule has 0 aliphatic rings. The molecule has 0 saturated carbocycles. The average Bonchev–Trinajstić information content (AvgIpc) is 2.73. The molecular weight excluding hydrogens is 475 g/mol. The van der Waals surface area contributed by atoms with E-state index in [0.29, 0.717) is 0 Å². The molecule has 0 unspecified atom stereocenters. The Morgan fingerprint density at radius 1 is 1.15 bits per heavy atom. The highest BCUT2D eigenvalue weighted by molar-refractivity contribution is 6.31. The fourth-order valence-corrected chi connectivity index (χ4v) is 3.71. The minimum atomic E-state index is -5.29. The van der Waals surface area contributed by atoms with E-state index in [1.165, 1.54) is 6.07 Å². The van der Waals surface area contributed by atoms with Crippen molar-refractivity contribution in [3.63, 3.8) is 0 Å². The number of aromatic amines is 1. The van der Waals surface area contributed by atoms with E-state index in [-0.39, 0.29) is 22.3 Å². The second-order valence-corrected chi connectivity index (χ2v) is 7.53. The molecule has 33 heavy (non-hydrogen) atoms. The van der Waals surface area contributed by atoms with Gasteiger partial charge in [0.2, 0.25) is 11.2 Å². The number of pyridine rings is 1. The lowest BCUT2D eigenvalue weighted by molar-refractivity contribution is -0.279. The second-order valence-electron chi connectivity index (χ2n) is 7.15. The molecule has 3 rings (SSSR count). The van der Waals surface area contributed by atoms with E-state index in [2.05, 4.69) is 15.0 Å². The lowest BCUT2D eigenvalue weighted by Crippen LogP contribution is -2.56. The SMILES string of the molecule is COC[C@@](O)([C@H](Nc1cc(F)cc2[nH]c(=O)ccc12)c1ccc(OC)c(F)c1Cl)C(F)(F)F. The van der Waals surface area contributed by atoms with Crippen molar-refractivity contribution in [2.45, 2.75) is 17.8 Å². The van der Waals surface area contributed by atoms with Gasteiger partial charge in [0, 0.05) is 24.2 Å². The van der Waals surface area contributed by atoms with E-state index in [1.54, 1.807) is 0 Å². The highest BCUT2D eigenvalue weighted by atomic mass is 35.5. The Morgan fingerprint density at radius 2 is 1.85 bits per heavy atom. The van der Waals surface area contributed by atoms with E-state index in [1.807, 2.05) is 0 Å². The summed E-state index contributed by atoms with van der Waals surface area (Å²) in [6, 6.07) is 4.10. The predicted molar refractivity (Wildman–Crippen MR) is 112 cm³/mol. The summed E-state index contributed by atoms with van der Waals surface area (Å²) in [5.41, 5.74) is -4.93. The number of ether oxygens (including phenoxy) is 2. The Balaban J connectivity index is 2.29. The molecule has 12 heteroatoms. The Hall–Kier alpha value is -2.89. The number of hydrogen-bond donors (Lipinski definition) is 3. The van der Waals surface area contributed by atoms with Crippen LogP contribution in [0.15, 0.2) is 41.2 Å². The topological polar surface area (TPSA) is 83.6 Å². The minimum Gasteiger partial charge on any atom is -0.494 e. The van der Waals surface area contributed by atoms with Gasteiger partial charge in [0.15, 0.2) is 11.6 Å². The zero-order valence-corrected chi connectivity index (χ0v) is 17.9. The standard InChI is InChI=1S/C21H18ClF5N2O4/c1-32-9-20(31,21(25,26)27)19(12-3-5-15(33-2)18(24)17(12)22)29-14-8-10(23)7-13-11(14)4-6-16(30)28-13/h3-8,19,29,31H,9H2,1-2H3,(H,28,30)/t19-,20-/m1/s1. The smallest absolute Gasteiger partial charge is 0.421 e. The molecule has 3 N–H and O–H groups in total. The molecule has 2 atom stereocenters. The van der Waals surface area contributed by atoms with Gasteiger partial charge in [-0.05, 0) is 29.8 Å². The maximum absolute atomic E-state index is 14.6. The van der Waals surface area contributed by atoms with Crippen LogP contribution in [0.3, 0.4) is 0 Å². The summed E-state index contributed by atoms with van der Waals surface area (Å²) in [6.45, 7) is -1.26. The number of aromatic nitrogens is 1. The summed E-state index contributed by atoms with van der Waals surface area (Å²) in [7, 11) is 2.08. The Bertz CT molecular complexity index is 1230. The molecule has 0 amide bonds. The largest absolute Gasteiger partial charge is 0.494 e. The highest BCUT2D eigenvalue weighted by Gasteiger charge is 2.60. The van der Waals surface area contributed by atoms with Crippen LogP contribution in [0, 0.1) is 11.6 Å². The number of anilines is 1. The number of fused-ring (bicyclic) bond motifs is 1. The average molecular weight is 493 g/mol. The quantitative estimate of drug-likeness (QED) is 0.421. The number of aliphatic hydroxyl groups is 1. The van der Waals surface area contributed by atoms with Crippen molar-refractivity contribution in [3.05, 3.63) is 69.0 Å². The van der Waals surface area contributed by atoms with Gasteiger partial charge in [-0.2, -0.15) is 13.2 Å². The van der Waals surface area contributed by atoms with Crippen molar-refractivity contribution in [3.8, 4) is 5.75 Å². The van der Waals surface area contributed by atoms with E-state index in [4.69, 9.17) is 16.3 Å². The van der Waals surface area contributed by atoms with Crippen LogP contribution in [0.2, 0.25) is 5.02 Å². The van der Waals surface area contributed by atoms with Crippen molar-refractivity contribution in [1.82, 2.24) is 4.98 Å². The van der Waals surface area contributed by atoms with Gasteiger partial charge in [-0.25, -0.2) is 8.78 Å². The minimum absolute atomic E-state index is 0.0157. The summed E-state index contributed by atoms with van der Waals surface area (Å²) in [5, 5.41) is 12.6. The van der Waals surface area contributed by atoms with Crippen LogP contribution in [0.4, 0.5) is 27.6 Å². The highest BCUT2D eigenvalue weighted by Crippen LogP contribution is 2.46. The van der Waals surface area contributed by atoms with Gasteiger partial charge in [0.1, 0.15) is 5.82 Å². The number of benzene rings is 2. The molecule has 2 aromatic carbocycles. The van der Waals surface area contributed by atoms with Crippen molar-refractivity contribution in [1.29, 1.82) is 0 Å². The van der Waals surface area contributed by atoms with Crippen LogP contribution in [-0.4, -0.2) is 42.7 Å². The number of hydrogen-bond acceptors (Lipinski definition) is 5. The van der Waals surface area contributed by atoms with Crippen LogP contribution in [-0.2, 0) is 4.74 Å². The van der Waals surface area contributed by atoms with E-state index < -0.39 is 52.2 Å². The Kier molecular flexibility index (Phi) is 6.87. The molecular formula is C21H18ClF5N2O4. The van der Waals surface area contributed by atoms with Gasteiger partial charge in [-0.1, -0.05) is 17.7 Å². The summed E-state index contributed by atoms with van der Waals surface area (Å²) in [4.78, 5) is 14.0. The zero-order chi connectivity index (χ0) is 24.6. The number of H-pyrrole nitrogens is 1. The summed E-state index contributed by atoms with van der Waals surface area (Å²) >= 11 is 6.03. The molecule has 1 aromatic heterocycles. The summed E-state index contributed by atoms with van der Waals surface area (Å²) in [5.74, 6) is -2.38. The third kappa shape index (κ3) is 4.61. The van der Waals surface area contributed by atoms with E-state index >= 15 is 0 Å². The summed E-state index contributed by atoms with van der Waals surface area (Å²) in [6.07, 6.45) is -5.29. The Morgan fingerprint density at radius 3 is 2.45 bits per heavy atom. The van der Waals surface area contributed by atoms with Gasteiger partial charge in [0.25, 0.3) is 0 Å². The molecule has 0 bridgehead atoms. The molecule has 0 fully saturated rings. The number of methoxy groups -OCH3 is 2. The van der Waals surface area contributed by atoms with Crippen LogP contribution in [0.25, 0.3) is 10.9 Å². The summed E-state index contributed by atoms with van der Waals surface area (Å²) < 4.78 is 80.6. The molecule has 3 aromatic rings. The molecule has 0 spiro atoms. The normalized spacial score (nSPS) is 14.7. The molecule has 0 saturated heterocycles. The monoisotopic (exact) mass is 492 g/mol. The van der Waals surface area contributed by atoms with Crippen molar-refractivity contribution in [2.24, 2.45) is 0 Å². The molecule has 6 nitrogen and oxygen atoms in total. The van der Waals surface area contributed by atoms with Crippen molar-refractivity contribution < 1.29 is 36.5 Å². The predicted octanol–water partition coefficient (Wildman–Crippen LogP) is 4.56. The Labute approximate surface area is 188 Å². The van der Waals surface area contributed by atoms with Crippen LogP contribution >= 0.6 is 11.6 Å². The fourth-order valence-electron chi connectivity index (χ4n) is 3.44. The third-order valence-electron chi connectivity index (χ3n) is 5.04. The van der Waals surface area contributed by atoms with E-state index in [9.17, 15) is 31.9 Å². The van der Waals surface area contributed by atoms with Gasteiger partial charge in [-0.15, -0.1) is 0 Å². The molecule has 178 valence electrons. The first-order chi connectivity index (χ1) is 15.4. The van der Waals surface area contributed by atoms with Crippen molar-refractivity contribution in [2.75, 3.05) is 26.1 Å². The van der Waals surface area contributed by atoms with Crippen LogP contribution in [0.1, 0.15) is 11.6 Å². The molecule has 0 aliphatic carbocycles. The van der Waals surface area contributed by atoms with Crippen LogP contribution < -0.4 is 15.6 Å². The second kappa shape index (κ2) is 9.16. The lowest BCUT2D eigenvalue weighted by Gasteiger charge is -2.38. The van der Waals surface area contributed by atoms with Crippen LogP contribution in [0.5, 0.6) is 5.75 Å². The van der Waals surface area contributed by atoms with E-state index in [0.717, 1.165) is 44.6 Å². The lowest BCUT2D eigenvalue weighted by atomic mass is 9.87. The molecule has 0 radical (unpaired) electrons. The van der Waals surface area contributed by atoms with Crippen molar-refractivity contribution >= 4 is 28.2 Å². The van der Waals surface area contributed by atoms with Gasteiger partial charge < -0.3 is 24.9 Å². The first kappa shape index (κ1) is 24.7. The molecule has 0 aliphatic heterocycles. The maximum Gasteiger partial charge on any atom is 0.421 e. The number of alkyl halides is 3.